The fourth-order valence-electron chi connectivity index (χ4n) is 2.33. The Morgan fingerprint density at radius 3 is 2.16 bits per heavy atom. The summed E-state index contributed by atoms with van der Waals surface area (Å²) < 4.78 is 0. The molecular formula is C15H31N3O. The van der Waals surface area contributed by atoms with Crippen LogP contribution in [0.4, 0.5) is 4.79 Å². The van der Waals surface area contributed by atoms with Crippen LogP contribution in [0.25, 0.3) is 0 Å². The molecular weight excluding hydrogens is 238 g/mol. The molecule has 1 aliphatic rings. The standard InChI is InChI=1S/C15H31N3O/c1-13(2)7-6-8-17-9-11-18(12-10-17)15(19)16(5)14(3)4/h13-14H,6-12H2,1-5H3. The molecule has 1 heterocycles. The maximum atomic E-state index is 12.2. The van der Waals surface area contributed by atoms with Gasteiger partial charge < -0.3 is 9.80 Å². The maximum Gasteiger partial charge on any atom is 0.320 e. The summed E-state index contributed by atoms with van der Waals surface area (Å²) in [4.78, 5) is 18.5. The summed E-state index contributed by atoms with van der Waals surface area (Å²) in [6.45, 7) is 13.6. The Bertz CT molecular complexity index is 271. The lowest BCUT2D eigenvalue weighted by Crippen LogP contribution is -2.53. The molecule has 0 saturated carbocycles. The van der Waals surface area contributed by atoms with Crippen molar-refractivity contribution in [3.8, 4) is 0 Å². The van der Waals surface area contributed by atoms with Gasteiger partial charge in [0.2, 0.25) is 0 Å². The lowest BCUT2D eigenvalue weighted by atomic mass is 10.1. The minimum Gasteiger partial charge on any atom is -0.325 e. The Kier molecular flexibility index (Phi) is 6.63. The second-order valence-corrected chi connectivity index (χ2v) is 6.35. The minimum atomic E-state index is 0.178. The highest BCUT2D eigenvalue weighted by atomic mass is 16.2. The predicted molar refractivity (Wildman–Crippen MR) is 80.4 cm³/mol. The van der Waals surface area contributed by atoms with Gasteiger partial charge in [-0.1, -0.05) is 13.8 Å². The molecule has 19 heavy (non-hydrogen) atoms. The highest BCUT2D eigenvalue weighted by molar-refractivity contribution is 5.74. The van der Waals surface area contributed by atoms with Crippen LogP contribution < -0.4 is 0 Å². The van der Waals surface area contributed by atoms with Gasteiger partial charge in [0.25, 0.3) is 0 Å². The van der Waals surface area contributed by atoms with E-state index in [2.05, 4.69) is 32.6 Å². The molecule has 0 unspecified atom stereocenters. The quantitative estimate of drug-likeness (QED) is 0.766. The largest absolute Gasteiger partial charge is 0.325 e. The van der Waals surface area contributed by atoms with Crippen molar-refractivity contribution in [3.63, 3.8) is 0 Å². The fraction of sp³-hybridized carbons (Fsp3) is 0.933. The van der Waals surface area contributed by atoms with Crippen LogP contribution in [-0.2, 0) is 0 Å². The summed E-state index contributed by atoms with van der Waals surface area (Å²) in [5, 5.41) is 0. The molecule has 1 rings (SSSR count). The zero-order chi connectivity index (χ0) is 14.4. The zero-order valence-corrected chi connectivity index (χ0v) is 13.4. The molecule has 2 amide bonds. The van der Waals surface area contributed by atoms with E-state index in [1.807, 2.05) is 16.8 Å². The van der Waals surface area contributed by atoms with Crippen molar-refractivity contribution in [2.24, 2.45) is 5.92 Å². The van der Waals surface area contributed by atoms with Crippen LogP contribution in [0, 0.1) is 5.92 Å². The van der Waals surface area contributed by atoms with Gasteiger partial charge in [-0.15, -0.1) is 0 Å². The maximum absolute atomic E-state index is 12.2. The third kappa shape index (κ3) is 5.39. The Morgan fingerprint density at radius 1 is 1.11 bits per heavy atom. The highest BCUT2D eigenvalue weighted by Gasteiger charge is 2.24. The van der Waals surface area contributed by atoms with Crippen LogP contribution in [0.15, 0.2) is 0 Å². The smallest absolute Gasteiger partial charge is 0.320 e. The third-order valence-corrected chi connectivity index (χ3v) is 3.97. The van der Waals surface area contributed by atoms with Crippen LogP contribution in [0.5, 0.6) is 0 Å². The molecule has 0 N–H and O–H groups in total. The average Bonchev–Trinajstić information content (AvgIpc) is 2.37. The Morgan fingerprint density at radius 2 is 1.68 bits per heavy atom. The molecule has 0 aromatic heterocycles. The number of amides is 2. The SMILES string of the molecule is CC(C)CCCN1CCN(C(=O)N(C)C(C)C)CC1. The molecule has 4 nitrogen and oxygen atoms in total. The molecule has 0 aromatic carbocycles. The number of carbonyl (C=O) groups excluding carboxylic acids is 1. The first-order valence-electron chi connectivity index (χ1n) is 7.66. The lowest BCUT2D eigenvalue weighted by molar-refractivity contribution is 0.111. The minimum absolute atomic E-state index is 0.178. The van der Waals surface area contributed by atoms with Crippen molar-refractivity contribution in [3.05, 3.63) is 0 Å². The summed E-state index contributed by atoms with van der Waals surface area (Å²) in [6.07, 6.45) is 2.58. The third-order valence-electron chi connectivity index (χ3n) is 3.97. The van der Waals surface area contributed by atoms with E-state index in [9.17, 15) is 4.79 Å². The number of rotatable bonds is 5. The first-order chi connectivity index (χ1) is 8.91. The van der Waals surface area contributed by atoms with E-state index in [-0.39, 0.29) is 12.1 Å². The molecule has 0 radical (unpaired) electrons. The number of hydrogen-bond acceptors (Lipinski definition) is 2. The number of hydrogen-bond donors (Lipinski definition) is 0. The molecule has 0 atom stereocenters. The first-order valence-corrected chi connectivity index (χ1v) is 7.66. The van der Waals surface area contributed by atoms with E-state index in [0.717, 1.165) is 32.1 Å². The molecule has 1 aliphatic heterocycles. The van der Waals surface area contributed by atoms with Gasteiger partial charge in [0.1, 0.15) is 0 Å². The van der Waals surface area contributed by atoms with Crippen molar-refractivity contribution >= 4 is 6.03 Å². The summed E-state index contributed by atoms with van der Waals surface area (Å²) in [5.74, 6) is 0.794. The molecule has 1 saturated heterocycles. The fourth-order valence-corrected chi connectivity index (χ4v) is 2.33. The van der Waals surface area contributed by atoms with Crippen LogP contribution in [-0.4, -0.2) is 66.5 Å². The molecule has 0 aromatic rings. The normalized spacial score (nSPS) is 17.3. The highest BCUT2D eigenvalue weighted by Crippen LogP contribution is 2.09. The summed E-state index contributed by atoms with van der Waals surface area (Å²) >= 11 is 0. The molecule has 0 aliphatic carbocycles. The second-order valence-electron chi connectivity index (χ2n) is 6.35. The molecule has 1 fully saturated rings. The van der Waals surface area contributed by atoms with Gasteiger partial charge in [0.15, 0.2) is 0 Å². The van der Waals surface area contributed by atoms with Crippen molar-refractivity contribution in [2.75, 3.05) is 39.8 Å². The molecule has 0 bridgehead atoms. The molecule has 4 heteroatoms. The van der Waals surface area contributed by atoms with Gasteiger partial charge in [-0.3, -0.25) is 4.90 Å². The number of piperazine rings is 1. The molecule has 112 valence electrons. The van der Waals surface area contributed by atoms with Crippen LogP contribution in [0.3, 0.4) is 0 Å². The van der Waals surface area contributed by atoms with E-state index < -0.39 is 0 Å². The van der Waals surface area contributed by atoms with Gasteiger partial charge in [-0.2, -0.15) is 0 Å². The zero-order valence-electron chi connectivity index (χ0n) is 13.4. The van der Waals surface area contributed by atoms with Gasteiger partial charge in [-0.05, 0) is 39.2 Å². The lowest BCUT2D eigenvalue weighted by Gasteiger charge is -2.37. The van der Waals surface area contributed by atoms with Crippen LogP contribution >= 0.6 is 0 Å². The van der Waals surface area contributed by atoms with E-state index in [4.69, 9.17) is 0 Å². The van der Waals surface area contributed by atoms with E-state index in [1.54, 1.807) is 0 Å². The van der Waals surface area contributed by atoms with E-state index in [0.29, 0.717) is 0 Å². The van der Waals surface area contributed by atoms with E-state index >= 15 is 0 Å². The Balaban J connectivity index is 2.27. The van der Waals surface area contributed by atoms with Crippen LogP contribution in [0.2, 0.25) is 0 Å². The number of urea groups is 1. The van der Waals surface area contributed by atoms with Gasteiger partial charge >= 0.3 is 6.03 Å². The number of carbonyl (C=O) groups is 1. The van der Waals surface area contributed by atoms with Crippen molar-refractivity contribution in [2.45, 2.75) is 46.6 Å². The van der Waals surface area contributed by atoms with Gasteiger partial charge in [0.05, 0.1) is 0 Å². The number of nitrogens with zero attached hydrogens (tertiary/aromatic N) is 3. The Labute approximate surface area is 118 Å². The topological polar surface area (TPSA) is 26.8 Å². The predicted octanol–water partition coefficient (Wildman–Crippen LogP) is 2.50. The van der Waals surface area contributed by atoms with Crippen LogP contribution in [0.1, 0.15) is 40.5 Å². The Hall–Kier alpha value is -0.770. The van der Waals surface area contributed by atoms with Gasteiger partial charge in [0, 0.05) is 39.3 Å². The second kappa shape index (κ2) is 7.73. The molecule has 0 spiro atoms. The van der Waals surface area contributed by atoms with Crippen molar-refractivity contribution in [1.82, 2.24) is 14.7 Å². The first kappa shape index (κ1) is 16.3. The average molecular weight is 269 g/mol. The van der Waals surface area contributed by atoms with Crippen molar-refractivity contribution in [1.29, 1.82) is 0 Å². The monoisotopic (exact) mass is 269 g/mol. The summed E-state index contributed by atoms with van der Waals surface area (Å²) in [6, 6.07) is 0.452. The van der Waals surface area contributed by atoms with Crippen molar-refractivity contribution < 1.29 is 4.79 Å². The summed E-state index contributed by atoms with van der Waals surface area (Å²) in [7, 11) is 1.89. The summed E-state index contributed by atoms with van der Waals surface area (Å²) in [5.41, 5.74) is 0. The van der Waals surface area contributed by atoms with Gasteiger partial charge in [-0.25, -0.2) is 4.79 Å². The van der Waals surface area contributed by atoms with E-state index in [1.165, 1.54) is 19.4 Å².